The molecule has 0 bridgehead atoms. The molecule has 2 aromatic carbocycles. The number of benzene rings is 2. The molecule has 0 fully saturated rings. The Labute approximate surface area is 132 Å². The van der Waals surface area contributed by atoms with Crippen molar-refractivity contribution < 1.29 is 9.47 Å². The number of para-hydroxylation sites is 1. The van der Waals surface area contributed by atoms with E-state index < -0.39 is 0 Å². The normalized spacial score (nSPS) is 13.7. The summed E-state index contributed by atoms with van der Waals surface area (Å²) in [6, 6.07) is 14.4. The minimum Gasteiger partial charge on any atom is -0.490 e. The zero-order valence-corrected chi connectivity index (χ0v) is 13.2. The average Bonchev–Trinajstić information content (AvgIpc) is 2.71. The van der Waals surface area contributed by atoms with Crippen molar-refractivity contribution in [3.63, 3.8) is 0 Å². The van der Waals surface area contributed by atoms with E-state index in [0.29, 0.717) is 0 Å². The van der Waals surface area contributed by atoms with E-state index in [2.05, 4.69) is 52.2 Å². The Morgan fingerprint density at radius 2 is 1.80 bits per heavy atom. The summed E-state index contributed by atoms with van der Waals surface area (Å²) in [4.78, 5) is 0. The van der Waals surface area contributed by atoms with Gasteiger partial charge in [0.2, 0.25) is 0 Å². The van der Waals surface area contributed by atoms with Crippen molar-refractivity contribution in [1.82, 2.24) is 0 Å². The summed E-state index contributed by atoms with van der Waals surface area (Å²) in [5.74, 6) is 1.70. The zero-order chi connectivity index (χ0) is 13.8. The van der Waals surface area contributed by atoms with Crippen LogP contribution in [-0.4, -0.2) is 13.2 Å². The maximum atomic E-state index is 5.71. The van der Waals surface area contributed by atoms with Crippen LogP contribution in [0.4, 0.5) is 5.69 Å². The third-order valence-corrected chi connectivity index (χ3v) is 4.11. The molecule has 3 nitrogen and oxygen atoms in total. The van der Waals surface area contributed by atoms with Crippen molar-refractivity contribution in [2.75, 3.05) is 18.5 Å². The SMILES string of the molecule is Ic1ccccc1NCc1ccc2c(c1)OCCCO2. The average molecular weight is 381 g/mol. The smallest absolute Gasteiger partial charge is 0.161 e. The van der Waals surface area contributed by atoms with Crippen LogP contribution in [-0.2, 0) is 6.54 Å². The Hall–Kier alpha value is -1.43. The number of ether oxygens (including phenoxy) is 2. The third kappa shape index (κ3) is 3.17. The van der Waals surface area contributed by atoms with Gasteiger partial charge in [-0.1, -0.05) is 18.2 Å². The van der Waals surface area contributed by atoms with Crippen LogP contribution in [0.1, 0.15) is 12.0 Å². The quantitative estimate of drug-likeness (QED) is 0.814. The first-order valence-electron chi connectivity index (χ1n) is 6.70. The van der Waals surface area contributed by atoms with E-state index in [1.807, 2.05) is 18.2 Å². The Bertz CT molecular complexity index is 601. The van der Waals surface area contributed by atoms with Crippen molar-refractivity contribution in [1.29, 1.82) is 0 Å². The molecular formula is C16H16INO2. The van der Waals surface area contributed by atoms with Gasteiger partial charge in [-0.25, -0.2) is 0 Å². The molecule has 0 radical (unpaired) electrons. The predicted molar refractivity (Wildman–Crippen MR) is 88.5 cm³/mol. The molecule has 0 amide bonds. The number of hydrogen-bond donors (Lipinski definition) is 1. The number of hydrogen-bond acceptors (Lipinski definition) is 3. The second-order valence-corrected chi connectivity index (χ2v) is 5.83. The van der Waals surface area contributed by atoms with Gasteiger partial charge >= 0.3 is 0 Å². The predicted octanol–water partition coefficient (Wildman–Crippen LogP) is 4.06. The summed E-state index contributed by atoms with van der Waals surface area (Å²) in [5, 5.41) is 3.45. The molecule has 2 aromatic rings. The van der Waals surface area contributed by atoms with Crippen molar-refractivity contribution in [3.05, 3.63) is 51.6 Å². The molecule has 3 rings (SSSR count). The van der Waals surface area contributed by atoms with Gasteiger partial charge in [0.15, 0.2) is 11.5 Å². The molecule has 0 unspecified atom stereocenters. The lowest BCUT2D eigenvalue weighted by atomic mass is 10.2. The monoisotopic (exact) mass is 381 g/mol. The van der Waals surface area contributed by atoms with Gasteiger partial charge in [0.1, 0.15) is 0 Å². The highest BCUT2D eigenvalue weighted by Crippen LogP contribution is 2.30. The third-order valence-electron chi connectivity index (χ3n) is 3.17. The van der Waals surface area contributed by atoms with E-state index in [0.717, 1.165) is 43.4 Å². The second-order valence-electron chi connectivity index (χ2n) is 4.66. The van der Waals surface area contributed by atoms with Gasteiger partial charge in [-0.3, -0.25) is 0 Å². The van der Waals surface area contributed by atoms with Gasteiger partial charge in [0, 0.05) is 22.2 Å². The van der Waals surface area contributed by atoms with E-state index >= 15 is 0 Å². The summed E-state index contributed by atoms with van der Waals surface area (Å²) in [7, 11) is 0. The molecule has 104 valence electrons. The summed E-state index contributed by atoms with van der Waals surface area (Å²) in [6.07, 6.45) is 0.935. The highest BCUT2D eigenvalue weighted by atomic mass is 127. The van der Waals surface area contributed by atoms with E-state index in [1.165, 1.54) is 9.13 Å². The van der Waals surface area contributed by atoms with E-state index in [9.17, 15) is 0 Å². The van der Waals surface area contributed by atoms with Gasteiger partial charge in [-0.15, -0.1) is 0 Å². The van der Waals surface area contributed by atoms with E-state index in [4.69, 9.17) is 9.47 Å². The van der Waals surface area contributed by atoms with Gasteiger partial charge in [0.05, 0.1) is 13.2 Å². The van der Waals surface area contributed by atoms with Crippen molar-refractivity contribution >= 4 is 28.3 Å². The molecule has 0 atom stereocenters. The Morgan fingerprint density at radius 1 is 1.00 bits per heavy atom. The molecule has 1 N–H and O–H groups in total. The fourth-order valence-corrected chi connectivity index (χ4v) is 2.70. The highest BCUT2D eigenvalue weighted by molar-refractivity contribution is 14.1. The molecule has 1 aliphatic heterocycles. The molecule has 1 aliphatic rings. The van der Waals surface area contributed by atoms with Crippen LogP contribution in [0.3, 0.4) is 0 Å². The van der Waals surface area contributed by atoms with Crippen LogP contribution in [0, 0.1) is 3.57 Å². The van der Waals surface area contributed by atoms with Gasteiger partial charge in [0.25, 0.3) is 0 Å². The topological polar surface area (TPSA) is 30.5 Å². The highest BCUT2D eigenvalue weighted by Gasteiger charge is 2.10. The lowest BCUT2D eigenvalue weighted by Crippen LogP contribution is -2.01. The van der Waals surface area contributed by atoms with E-state index in [1.54, 1.807) is 0 Å². The molecule has 0 saturated heterocycles. The second kappa shape index (κ2) is 6.35. The molecule has 0 aliphatic carbocycles. The van der Waals surface area contributed by atoms with Gasteiger partial charge < -0.3 is 14.8 Å². The lowest BCUT2D eigenvalue weighted by molar-refractivity contribution is 0.297. The largest absolute Gasteiger partial charge is 0.490 e. The molecule has 4 heteroatoms. The summed E-state index contributed by atoms with van der Waals surface area (Å²) >= 11 is 2.34. The maximum absolute atomic E-state index is 5.71. The Morgan fingerprint density at radius 3 is 2.65 bits per heavy atom. The van der Waals surface area contributed by atoms with Crippen LogP contribution in [0.25, 0.3) is 0 Å². The standard InChI is InChI=1S/C16H16INO2/c17-13-4-1-2-5-14(13)18-11-12-6-7-15-16(10-12)20-9-3-8-19-15/h1-2,4-7,10,18H,3,8-9,11H2. The van der Waals surface area contributed by atoms with Crippen molar-refractivity contribution in [3.8, 4) is 11.5 Å². The molecule has 0 aromatic heterocycles. The molecule has 0 spiro atoms. The summed E-state index contributed by atoms with van der Waals surface area (Å²) in [5.41, 5.74) is 2.34. The van der Waals surface area contributed by atoms with Crippen LogP contribution < -0.4 is 14.8 Å². The van der Waals surface area contributed by atoms with Crippen LogP contribution in [0.5, 0.6) is 11.5 Å². The maximum Gasteiger partial charge on any atom is 0.161 e. The fraction of sp³-hybridized carbons (Fsp3) is 0.250. The number of halogens is 1. The zero-order valence-electron chi connectivity index (χ0n) is 11.1. The number of nitrogens with one attached hydrogen (secondary N) is 1. The van der Waals surface area contributed by atoms with Crippen molar-refractivity contribution in [2.45, 2.75) is 13.0 Å². The van der Waals surface area contributed by atoms with Crippen LogP contribution in [0.2, 0.25) is 0 Å². The first-order valence-corrected chi connectivity index (χ1v) is 7.78. The van der Waals surface area contributed by atoms with Gasteiger partial charge in [-0.05, 0) is 52.4 Å². The molecule has 0 saturated carbocycles. The van der Waals surface area contributed by atoms with E-state index in [-0.39, 0.29) is 0 Å². The molecule has 20 heavy (non-hydrogen) atoms. The minimum atomic E-state index is 0.723. The van der Waals surface area contributed by atoms with Crippen LogP contribution in [0.15, 0.2) is 42.5 Å². The fourth-order valence-electron chi connectivity index (χ4n) is 2.12. The Kier molecular flexibility index (Phi) is 4.30. The number of rotatable bonds is 3. The Balaban J connectivity index is 1.72. The van der Waals surface area contributed by atoms with Crippen LogP contribution >= 0.6 is 22.6 Å². The van der Waals surface area contributed by atoms with Gasteiger partial charge in [-0.2, -0.15) is 0 Å². The molecular weight excluding hydrogens is 365 g/mol. The summed E-state index contributed by atoms with van der Waals surface area (Å²) < 4.78 is 12.6. The number of fused-ring (bicyclic) bond motifs is 1. The number of anilines is 1. The minimum absolute atomic E-state index is 0.723. The first kappa shape index (κ1) is 13.5. The summed E-state index contributed by atoms with van der Waals surface area (Å²) in [6.45, 7) is 2.23. The van der Waals surface area contributed by atoms with Crippen molar-refractivity contribution in [2.24, 2.45) is 0 Å². The lowest BCUT2D eigenvalue weighted by Gasteiger charge is -2.11. The first-order chi connectivity index (χ1) is 9.83. The molecule has 1 heterocycles.